The molecule has 0 saturated carbocycles. The molecule has 4 rings (SSSR count). The summed E-state index contributed by atoms with van der Waals surface area (Å²) < 4.78 is 16.3. The lowest BCUT2D eigenvalue weighted by Crippen LogP contribution is -2.34. The van der Waals surface area contributed by atoms with E-state index in [0.717, 1.165) is 30.3 Å². The Morgan fingerprint density at radius 1 is 0.865 bits per heavy atom. The van der Waals surface area contributed by atoms with Crippen LogP contribution in [0.1, 0.15) is 40.9 Å². The van der Waals surface area contributed by atoms with Crippen molar-refractivity contribution >= 4 is 11.9 Å². The highest BCUT2D eigenvalue weighted by molar-refractivity contribution is 5.91. The van der Waals surface area contributed by atoms with Crippen LogP contribution in [0.25, 0.3) is 0 Å². The largest absolute Gasteiger partial charge is 0.508 e. The molecule has 37 heavy (non-hydrogen) atoms. The summed E-state index contributed by atoms with van der Waals surface area (Å²) in [5, 5.41) is 70.1. The number of hydrogen-bond acceptors (Lipinski definition) is 12. The smallest absolute Gasteiger partial charge is 0.338 e. The van der Waals surface area contributed by atoms with Gasteiger partial charge >= 0.3 is 11.9 Å². The van der Waals surface area contributed by atoms with Crippen LogP contribution in [0.4, 0.5) is 0 Å². The van der Waals surface area contributed by atoms with E-state index in [1.54, 1.807) is 0 Å². The van der Waals surface area contributed by atoms with Crippen molar-refractivity contribution in [2.24, 2.45) is 0 Å². The van der Waals surface area contributed by atoms with Gasteiger partial charge in [-0.2, -0.15) is 0 Å². The lowest BCUT2D eigenvalue weighted by molar-refractivity contribution is -0.134. The Hall–Kier alpha value is -5.00. The second kappa shape index (κ2) is 9.57. The number of carbonyl (C=O) groups is 2. The minimum absolute atomic E-state index is 0.0276. The van der Waals surface area contributed by atoms with E-state index in [-0.39, 0.29) is 46.8 Å². The molecule has 1 aliphatic heterocycles. The summed E-state index contributed by atoms with van der Waals surface area (Å²) in [6, 6.07) is 6.26. The van der Waals surface area contributed by atoms with Crippen LogP contribution in [0, 0.1) is 0 Å². The van der Waals surface area contributed by atoms with E-state index < -0.39 is 58.6 Å². The van der Waals surface area contributed by atoms with Gasteiger partial charge in [0, 0.05) is 36.1 Å². The molecule has 0 aromatic heterocycles. The molecule has 0 bridgehead atoms. The van der Waals surface area contributed by atoms with Crippen molar-refractivity contribution in [3.05, 3.63) is 53.1 Å². The van der Waals surface area contributed by atoms with Gasteiger partial charge in [0.05, 0.1) is 5.56 Å². The number of benzene rings is 3. The van der Waals surface area contributed by atoms with Gasteiger partial charge in [-0.05, 0) is 24.3 Å². The summed E-state index contributed by atoms with van der Waals surface area (Å²) in [6.07, 6.45) is -2.59. The van der Waals surface area contributed by atoms with Gasteiger partial charge in [-0.15, -0.1) is 0 Å². The first-order valence-electron chi connectivity index (χ1n) is 10.9. The van der Waals surface area contributed by atoms with Crippen molar-refractivity contribution in [3.63, 3.8) is 0 Å². The molecule has 194 valence electrons. The van der Waals surface area contributed by atoms with Crippen molar-refractivity contribution in [2.75, 3.05) is 0 Å². The SMILES string of the molecule is CCC(=O)Oc1c(O)cc(C(=O)OC2Cc3c(O)cc(O)cc3O[C@@H]2c2cc(O)c(O)c(O)c2)cc1O. The molecular weight excluding hydrogens is 492 g/mol. The summed E-state index contributed by atoms with van der Waals surface area (Å²) in [7, 11) is 0. The summed E-state index contributed by atoms with van der Waals surface area (Å²) in [6.45, 7) is 1.51. The Morgan fingerprint density at radius 2 is 1.49 bits per heavy atom. The van der Waals surface area contributed by atoms with E-state index in [4.69, 9.17) is 14.2 Å². The fraction of sp³-hybridized carbons (Fsp3) is 0.200. The van der Waals surface area contributed by atoms with Crippen LogP contribution in [0.5, 0.6) is 51.7 Å². The number of aromatic hydroxyl groups is 7. The third-order valence-electron chi connectivity index (χ3n) is 5.64. The molecule has 1 aliphatic rings. The quantitative estimate of drug-likeness (QED) is 0.149. The van der Waals surface area contributed by atoms with E-state index in [9.17, 15) is 45.3 Å². The molecule has 3 aromatic rings. The number of hydrogen-bond donors (Lipinski definition) is 7. The lowest BCUT2D eigenvalue weighted by Gasteiger charge is -2.34. The number of carbonyl (C=O) groups excluding carboxylic acids is 2. The monoisotopic (exact) mass is 514 g/mol. The molecule has 7 N–H and O–H groups in total. The van der Waals surface area contributed by atoms with E-state index in [1.807, 2.05) is 0 Å². The van der Waals surface area contributed by atoms with Crippen LogP contribution in [0.2, 0.25) is 0 Å². The van der Waals surface area contributed by atoms with Crippen LogP contribution in [-0.2, 0) is 16.0 Å². The Kier molecular flexibility index (Phi) is 6.49. The number of phenols is 7. The molecule has 0 spiro atoms. The molecule has 1 unspecified atom stereocenters. The van der Waals surface area contributed by atoms with Crippen LogP contribution < -0.4 is 9.47 Å². The van der Waals surface area contributed by atoms with Crippen molar-refractivity contribution < 1.29 is 59.5 Å². The van der Waals surface area contributed by atoms with Crippen molar-refractivity contribution in [2.45, 2.75) is 32.0 Å². The number of phenolic OH excluding ortho intramolecular Hbond substituents is 7. The first-order valence-corrected chi connectivity index (χ1v) is 10.9. The van der Waals surface area contributed by atoms with E-state index in [1.165, 1.54) is 13.0 Å². The van der Waals surface area contributed by atoms with Crippen LogP contribution in [0.15, 0.2) is 36.4 Å². The standard InChI is InChI=1S/C25H22O12/c1-2-21(32)37-24-17(30)5-11(6-18(24)31)25(34)36-20-9-13-14(27)7-12(26)8-19(13)35-23(20)10-3-15(28)22(33)16(29)4-10/h3-8,20,23,26-31,33H,2,9H2,1H3/t20?,23-/m1/s1. The molecule has 0 saturated heterocycles. The van der Waals surface area contributed by atoms with E-state index in [0.29, 0.717) is 0 Å². The molecule has 1 heterocycles. The van der Waals surface area contributed by atoms with Gasteiger partial charge in [0.1, 0.15) is 23.4 Å². The minimum atomic E-state index is -1.21. The summed E-state index contributed by atoms with van der Waals surface area (Å²) in [5.74, 6) is -6.46. The molecule has 12 nitrogen and oxygen atoms in total. The van der Waals surface area contributed by atoms with Crippen molar-refractivity contribution in [1.29, 1.82) is 0 Å². The van der Waals surface area contributed by atoms with Crippen LogP contribution in [-0.4, -0.2) is 53.8 Å². The van der Waals surface area contributed by atoms with Gasteiger partial charge in [-0.3, -0.25) is 4.79 Å². The molecule has 0 amide bonds. The molecule has 0 aliphatic carbocycles. The second-order valence-electron chi connectivity index (χ2n) is 8.21. The minimum Gasteiger partial charge on any atom is -0.508 e. The molecule has 12 heteroatoms. The summed E-state index contributed by atoms with van der Waals surface area (Å²) >= 11 is 0. The average molecular weight is 514 g/mol. The lowest BCUT2D eigenvalue weighted by atomic mass is 9.93. The first-order chi connectivity index (χ1) is 17.5. The predicted molar refractivity (Wildman–Crippen MR) is 123 cm³/mol. The highest BCUT2D eigenvalue weighted by Gasteiger charge is 2.37. The molecule has 0 fully saturated rings. The maximum Gasteiger partial charge on any atom is 0.338 e. The number of esters is 2. The number of fused-ring (bicyclic) bond motifs is 1. The molecule has 0 radical (unpaired) electrons. The van der Waals surface area contributed by atoms with E-state index in [2.05, 4.69) is 0 Å². The third-order valence-corrected chi connectivity index (χ3v) is 5.64. The van der Waals surface area contributed by atoms with Gasteiger partial charge in [-0.1, -0.05) is 6.92 Å². The van der Waals surface area contributed by atoms with Crippen molar-refractivity contribution in [3.8, 4) is 51.7 Å². The van der Waals surface area contributed by atoms with Crippen molar-refractivity contribution in [1.82, 2.24) is 0 Å². The zero-order chi connectivity index (χ0) is 27.0. The Morgan fingerprint density at radius 3 is 2.08 bits per heavy atom. The Labute approximate surface area is 208 Å². The second-order valence-corrected chi connectivity index (χ2v) is 8.21. The topological polar surface area (TPSA) is 203 Å². The van der Waals surface area contributed by atoms with Crippen LogP contribution in [0.3, 0.4) is 0 Å². The van der Waals surface area contributed by atoms with Gasteiger partial charge in [0.15, 0.2) is 34.9 Å². The highest BCUT2D eigenvalue weighted by Crippen LogP contribution is 2.46. The van der Waals surface area contributed by atoms with E-state index >= 15 is 0 Å². The maximum atomic E-state index is 13.0. The maximum absolute atomic E-state index is 13.0. The Bertz CT molecular complexity index is 1350. The third kappa shape index (κ3) is 4.89. The fourth-order valence-corrected chi connectivity index (χ4v) is 3.84. The zero-order valence-corrected chi connectivity index (χ0v) is 19.2. The number of rotatable bonds is 5. The predicted octanol–water partition coefficient (Wildman–Crippen LogP) is 2.84. The van der Waals surface area contributed by atoms with Gasteiger partial charge in [0.2, 0.25) is 5.75 Å². The first kappa shape index (κ1) is 25.1. The number of ether oxygens (including phenoxy) is 3. The summed E-state index contributed by atoms with van der Waals surface area (Å²) in [4.78, 5) is 24.5. The van der Waals surface area contributed by atoms with Crippen LogP contribution >= 0.6 is 0 Å². The van der Waals surface area contributed by atoms with Gasteiger partial charge in [0.25, 0.3) is 0 Å². The zero-order valence-electron chi connectivity index (χ0n) is 19.2. The van der Waals surface area contributed by atoms with Gasteiger partial charge < -0.3 is 50.0 Å². The highest BCUT2D eigenvalue weighted by atomic mass is 16.6. The van der Waals surface area contributed by atoms with Gasteiger partial charge in [-0.25, -0.2) is 4.79 Å². The Balaban J connectivity index is 1.70. The molecule has 2 atom stereocenters. The summed E-state index contributed by atoms with van der Waals surface area (Å²) in [5.41, 5.74) is -0.0552. The fourth-order valence-electron chi connectivity index (χ4n) is 3.84. The average Bonchev–Trinajstić information content (AvgIpc) is 2.84. The molecular formula is C25H22O12. The molecule has 3 aromatic carbocycles. The normalized spacial score (nSPS) is 16.4.